The molecule has 1 saturated heterocycles. The predicted octanol–water partition coefficient (Wildman–Crippen LogP) is 3.32. The normalized spacial score (nSPS) is 15.9. The first-order valence-electron chi connectivity index (χ1n) is 9.05. The second kappa shape index (κ2) is 7.25. The molecule has 1 fully saturated rings. The fourth-order valence-corrected chi connectivity index (χ4v) is 3.44. The summed E-state index contributed by atoms with van der Waals surface area (Å²) in [4.78, 5) is 19.7. The van der Waals surface area contributed by atoms with Gasteiger partial charge >= 0.3 is 0 Å². The van der Waals surface area contributed by atoms with Crippen molar-refractivity contribution >= 4 is 33.2 Å². The molecule has 6 heteroatoms. The van der Waals surface area contributed by atoms with Gasteiger partial charge in [-0.05, 0) is 37.3 Å². The van der Waals surface area contributed by atoms with Gasteiger partial charge in [-0.15, -0.1) is 0 Å². The molecule has 4 rings (SSSR count). The Kier molecular flexibility index (Phi) is 4.64. The third kappa shape index (κ3) is 3.08. The van der Waals surface area contributed by atoms with Gasteiger partial charge in [-0.2, -0.15) is 0 Å². The van der Waals surface area contributed by atoms with Gasteiger partial charge in [0.25, 0.3) is 5.56 Å². The predicted molar refractivity (Wildman–Crippen MR) is 110 cm³/mol. The lowest BCUT2D eigenvalue weighted by Crippen LogP contribution is -2.36. The van der Waals surface area contributed by atoms with E-state index in [1.54, 1.807) is 18.3 Å². The number of aromatic amines is 1. The highest BCUT2D eigenvalue weighted by molar-refractivity contribution is 6.04. The fraction of sp³-hybridized carbons (Fsp3) is 0.238. The fourth-order valence-electron chi connectivity index (χ4n) is 3.44. The smallest absolute Gasteiger partial charge is 0.280 e. The zero-order valence-electron chi connectivity index (χ0n) is 15.3. The molecular formula is C21H22N4O2. The van der Waals surface area contributed by atoms with Gasteiger partial charge in [0.2, 0.25) is 0 Å². The first kappa shape index (κ1) is 17.3. The summed E-state index contributed by atoms with van der Waals surface area (Å²) in [6, 6.07) is 6.18. The third-order valence-electron chi connectivity index (χ3n) is 4.77. The maximum Gasteiger partial charge on any atom is 0.280 e. The van der Waals surface area contributed by atoms with Crippen LogP contribution in [0.1, 0.15) is 6.92 Å². The van der Waals surface area contributed by atoms with Gasteiger partial charge in [-0.25, -0.2) is 4.68 Å². The molecule has 0 radical (unpaired) electrons. The van der Waals surface area contributed by atoms with E-state index < -0.39 is 0 Å². The Morgan fingerprint density at radius 3 is 2.85 bits per heavy atom. The Morgan fingerprint density at radius 1 is 1.30 bits per heavy atom. The van der Waals surface area contributed by atoms with Crippen molar-refractivity contribution in [3.63, 3.8) is 0 Å². The van der Waals surface area contributed by atoms with E-state index in [1.807, 2.05) is 25.1 Å². The van der Waals surface area contributed by atoms with Crippen molar-refractivity contribution < 1.29 is 4.74 Å². The van der Waals surface area contributed by atoms with Crippen molar-refractivity contribution in [3.05, 3.63) is 65.6 Å². The van der Waals surface area contributed by atoms with Crippen LogP contribution in [-0.4, -0.2) is 41.1 Å². The summed E-state index contributed by atoms with van der Waals surface area (Å²) in [5, 5.41) is 4.77. The Hall–Kier alpha value is -3.12. The van der Waals surface area contributed by atoms with Gasteiger partial charge in [0, 0.05) is 30.4 Å². The van der Waals surface area contributed by atoms with Gasteiger partial charge in [0.05, 0.1) is 35.3 Å². The highest BCUT2D eigenvalue weighted by Crippen LogP contribution is 2.26. The molecule has 3 heterocycles. The summed E-state index contributed by atoms with van der Waals surface area (Å²) >= 11 is 0. The molecule has 3 aromatic rings. The Labute approximate surface area is 157 Å². The second-order valence-corrected chi connectivity index (χ2v) is 6.43. The SMILES string of the molecule is C=C/C=C(\C=C/C)n1[nH]c2c(cnc3ccc(N4CCOCC4)cc32)c1=O. The van der Waals surface area contributed by atoms with Crippen LogP contribution in [0.5, 0.6) is 0 Å². The van der Waals surface area contributed by atoms with E-state index in [4.69, 9.17) is 4.74 Å². The number of benzene rings is 1. The minimum atomic E-state index is -0.123. The minimum absolute atomic E-state index is 0.123. The molecule has 6 nitrogen and oxygen atoms in total. The zero-order chi connectivity index (χ0) is 18.8. The van der Waals surface area contributed by atoms with Gasteiger partial charge in [0.15, 0.2) is 0 Å². The van der Waals surface area contributed by atoms with Gasteiger partial charge in [-0.3, -0.25) is 14.9 Å². The van der Waals surface area contributed by atoms with E-state index in [2.05, 4.69) is 33.7 Å². The van der Waals surface area contributed by atoms with Crippen LogP contribution in [-0.2, 0) is 4.74 Å². The molecule has 0 amide bonds. The molecule has 2 aromatic heterocycles. The number of H-pyrrole nitrogens is 1. The van der Waals surface area contributed by atoms with Crippen molar-refractivity contribution in [2.45, 2.75) is 6.92 Å². The molecule has 0 atom stereocenters. The summed E-state index contributed by atoms with van der Waals surface area (Å²) in [5.41, 5.74) is 3.37. The average Bonchev–Trinajstić information content (AvgIpc) is 3.05. The van der Waals surface area contributed by atoms with Gasteiger partial charge < -0.3 is 9.64 Å². The standard InChI is InChI=1S/C21H22N4O2/c1-3-5-15(6-4-2)25-21(26)18-14-22-19-8-7-16(13-17(19)20(18)23-25)24-9-11-27-12-10-24/h3-8,13-14,23H,1,9-12H2,2H3/b6-4-,15-5+. The number of nitrogens with zero attached hydrogens (tertiary/aromatic N) is 3. The van der Waals surface area contributed by atoms with Gasteiger partial charge in [0.1, 0.15) is 0 Å². The minimum Gasteiger partial charge on any atom is -0.378 e. The molecule has 0 bridgehead atoms. The van der Waals surface area contributed by atoms with Crippen molar-refractivity contribution in [2.24, 2.45) is 0 Å². The average molecular weight is 362 g/mol. The molecule has 0 aliphatic carbocycles. The van der Waals surface area contributed by atoms with Crippen molar-refractivity contribution in [1.29, 1.82) is 0 Å². The van der Waals surface area contributed by atoms with Crippen LogP contribution in [0, 0.1) is 0 Å². The number of morpholine rings is 1. The highest BCUT2D eigenvalue weighted by atomic mass is 16.5. The number of fused-ring (bicyclic) bond motifs is 3. The number of anilines is 1. The third-order valence-corrected chi connectivity index (χ3v) is 4.77. The molecule has 138 valence electrons. The van der Waals surface area contributed by atoms with Crippen molar-refractivity contribution in [3.8, 4) is 0 Å². The number of ether oxygens (including phenoxy) is 1. The summed E-state index contributed by atoms with van der Waals surface area (Å²) < 4.78 is 6.98. The highest BCUT2D eigenvalue weighted by Gasteiger charge is 2.15. The summed E-state index contributed by atoms with van der Waals surface area (Å²) in [6.45, 7) is 8.83. The van der Waals surface area contributed by atoms with Gasteiger partial charge in [-0.1, -0.05) is 18.7 Å². The lowest BCUT2D eigenvalue weighted by molar-refractivity contribution is 0.122. The number of rotatable bonds is 4. The number of aromatic nitrogens is 3. The maximum absolute atomic E-state index is 12.9. The van der Waals surface area contributed by atoms with Crippen LogP contribution in [0.15, 0.2) is 60.1 Å². The Bertz CT molecular complexity index is 1110. The van der Waals surface area contributed by atoms with Crippen LogP contribution in [0.25, 0.3) is 27.5 Å². The molecule has 1 aromatic carbocycles. The van der Waals surface area contributed by atoms with Crippen LogP contribution >= 0.6 is 0 Å². The topological polar surface area (TPSA) is 63.1 Å². The second-order valence-electron chi connectivity index (χ2n) is 6.43. The maximum atomic E-state index is 12.9. The number of allylic oxidation sites excluding steroid dienone is 5. The lowest BCUT2D eigenvalue weighted by Gasteiger charge is -2.29. The van der Waals surface area contributed by atoms with E-state index in [1.165, 1.54) is 4.68 Å². The number of pyridine rings is 1. The monoisotopic (exact) mass is 362 g/mol. The van der Waals surface area contributed by atoms with E-state index in [9.17, 15) is 4.79 Å². The van der Waals surface area contributed by atoms with Crippen LogP contribution in [0.3, 0.4) is 0 Å². The Balaban J connectivity index is 1.91. The molecule has 1 N–H and O–H groups in total. The van der Waals surface area contributed by atoms with E-state index in [-0.39, 0.29) is 5.56 Å². The summed E-state index contributed by atoms with van der Waals surface area (Å²) in [5.74, 6) is 0. The zero-order valence-corrected chi connectivity index (χ0v) is 15.3. The van der Waals surface area contributed by atoms with E-state index in [0.29, 0.717) is 5.39 Å². The first-order valence-corrected chi connectivity index (χ1v) is 9.05. The molecule has 0 saturated carbocycles. The first-order chi connectivity index (χ1) is 13.2. The lowest BCUT2D eigenvalue weighted by atomic mass is 10.1. The van der Waals surface area contributed by atoms with E-state index >= 15 is 0 Å². The van der Waals surface area contributed by atoms with E-state index in [0.717, 1.165) is 54.1 Å². The van der Waals surface area contributed by atoms with Crippen molar-refractivity contribution in [2.75, 3.05) is 31.2 Å². The molecule has 27 heavy (non-hydrogen) atoms. The number of hydrogen-bond acceptors (Lipinski definition) is 4. The van der Waals surface area contributed by atoms with Crippen LogP contribution in [0.2, 0.25) is 0 Å². The Morgan fingerprint density at radius 2 is 2.11 bits per heavy atom. The quantitative estimate of drug-likeness (QED) is 0.723. The van der Waals surface area contributed by atoms with Crippen LogP contribution in [0.4, 0.5) is 5.69 Å². The molecule has 1 aliphatic rings. The molecule has 0 spiro atoms. The molecule has 1 aliphatic heterocycles. The molecular weight excluding hydrogens is 340 g/mol. The van der Waals surface area contributed by atoms with Crippen LogP contribution < -0.4 is 10.5 Å². The number of hydrogen-bond donors (Lipinski definition) is 1. The molecule has 0 unspecified atom stereocenters. The number of nitrogens with one attached hydrogen (secondary N) is 1. The summed E-state index contributed by atoms with van der Waals surface area (Å²) in [7, 11) is 0. The van der Waals surface area contributed by atoms with Crippen molar-refractivity contribution in [1.82, 2.24) is 14.8 Å². The largest absolute Gasteiger partial charge is 0.378 e. The summed E-state index contributed by atoms with van der Waals surface area (Å²) in [6.07, 6.45) is 8.86.